The van der Waals surface area contributed by atoms with Gasteiger partial charge in [-0.15, -0.1) is 0 Å². The summed E-state index contributed by atoms with van der Waals surface area (Å²) in [6.07, 6.45) is 1.38. The summed E-state index contributed by atoms with van der Waals surface area (Å²) in [5, 5.41) is 26.7. The number of aliphatic hydroxyl groups is 1. The molecule has 0 aliphatic rings. The monoisotopic (exact) mass is 199 g/mol. The summed E-state index contributed by atoms with van der Waals surface area (Å²) in [5.74, 6) is 0. The molecule has 1 aromatic carbocycles. The van der Waals surface area contributed by atoms with Crippen molar-refractivity contribution in [1.29, 1.82) is 10.5 Å². The molecule has 0 saturated carbocycles. The lowest BCUT2D eigenvalue weighted by Crippen LogP contribution is -2.39. The molecule has 1 atom stereocenters. The topological polar surface area (TPSA) is 93.8 Å². The van der Waals surface area contributed by atoms with Crippen LogP contribution in [0.25, 0.3) is 6.08 Å². The fourth-order valence-electron chi connectivity index (χ4n) is 1.00. The van der Waals surface area contributed by atoms with Crippen molar-refractivity contribution in [3.8, 4) is 12.1 Å². The van der Waals surface area contributed by atoms with Crippen molar-refractivity contribution in [2.24, 2.45) is 5.73 Å². The van der Waals surface area contributed by atoms with Gasteiger partial charge in [-0.05, 0) is 11.6 Å². The van der Waals surface area contributed by atoms with Crippen LogP contribution in [0.5, 0.6) is 0 Å². The van der Waals surface area contributed by atoms with Crippen LogP contribution in [0.2, 0.25) is 0 Å². The van der Waals surface area contributed by atoms with Crippen molar-refractivity contribution in [2.75, 3.05) is 0 Å². The molecule has 0 heterocycles. The highest BCUT2D eigenvalue weighted by Gasteiger charge is 2.26. The number of rotatable bonds is 2. The van der Waals surface area contributed by atoms with Crippen molar-refractivity contribution < 1.29 is 5.11 Å². The van der Waals surface area contributed by atoms with Crippen molar-refractivity contribution in [2.45, 2.75) is 5.72 Å². The quantitative estimate of drug-likeness (QED) is 0.417. The lowest BCUT2D eigenvalue weighted by Gasteiger charge is -2.11. The second kappa shape index (κ2) is 4.39. The third-order valence-corrected chi connectivity index (χ3v) is 1.81. The molecule has 0 aliphatic carbocycles. The number of benzene rings is 1. The van der Waals surface area contributed by atoms with Crippen molar-refractivity contribution in [1.82, 2.24) is 0 Å². The van der Waals surface area contributed by atoms with Crippen LogP contribution in [0, 0.1) is 22.7 Å². The molecule has 4 nitrogen and oxygen atoms in total. The molecule has 0 spiro atoms. The Hall–Kier alpha value is -2.14. The number of nitrogens with zero attached hydrogens (tertiary/aromatic N) is 2. The summed E-state index contributed by atoms with van der Waals surface area (Å²) in [6.45, 7) is 0. The Balaban J connectivity index is 3.12. The van der Waals surface area contributed by atoms with Crippen LogP contribution in [0.15, 0.2) is 35.9 Å². The van der Waals surface area contributed by atoms with Gasteiger partial charge < -0.3 is 5.11 Å². The predicted octanol–water partition coefficient (Wildman–Crippen LogP) is 0.764. The molecule has 0 aromatic heterocycles. The van der Waals surface area contributed by atoms with Gasteiger partial charge in [0.15, 0.2) is 0 Å². The van der Waals surface area contributed by atoms with E-state index in [9.17, 15) is 5.11 Å². The first-order valence-electron chi connectivity index (χ1n) is 4.20. The third-order valence-electron chi connectivity index (χ3n) is 1.81. The first kappa shape index (κ1) is 10.9. The van der Waals surface area contributed by atoms with Crippen molar-refractivity contribution in [3.05, 3.63) is 41.5 Å². The molecule has 0 saturated heterocycles. The van der Waals surface area contributed by atoms with Gasteiger partial charge >= 0.3 is 0 Å². The molecular weight excluding hydrogens is 190 g/mol. The van der Waals surface area contributed by atoms with Crippen LogP contribution in [0.1, 0.15) is 5.56 Å². The molecule has 0 bridgehead atoms. The Morgan fingerprint density at radius 1 is 1.33 bits per heavy atom. The maximum absolute atomic E-state index is 9.37. The second-order valence-corrected chi connectivity index (χ2v) is 2.96. The molecule has 0 aliphatic heterocycles. The van der Waals surface area contributed by atoms with E-state index in [4.69, 9.17) is 16.3 Å². The third kappa shape index (κ3) is 2.65. The van der Waals surface area contributed by atoms with E-state index in [2.05, 4.69) is 0 Å². The smallest absolute Gasteiger partial charge is 0.239 e. The van der Waals surface area contributed by atoms with E-state index in [-0.39, 0.29) is 5.57 Å². The van der Waals surface area contributed by atoms with Crippen LogP contribution < -0.4 is 5.73 Å². The number of hydrogen-bond donors (Lipinski definition) is 2. The van der Waals surface area contributed by atoms with Crippen LogP contribution in [0.3, 0.4) is 0 Å². The van der Waals surface area contributed by atoms with E-state index >= 15 is 0 Å². The summed E-state index contributed by atoms with van der Waals surface area (Å²) < 4.78 is 0. The van der Waals surface area contributed by atoms with Gasteiger partial charge in [0.2, 0.25) is 5.72 Å². The zero-order valence-corrected chi connectivity index (χ0v) is 7.88. The lowest BCUT2D eigenvalue weighted by atomic mass is 10.0. The number of nitrogens with two attached hydrogens (primary N) is 1. The maximum atomic E-state index is 9.37. The Morgan fingerprint density at radius 3 is 2.40 bits per heavy atom. The van der Waals surface area contributed by atoms with Gasteiger partial charge in [0.1, 0.15) is 12.1 Å². The molecule has 0 radical (unpaired) electrons. The van der Waals surface area contributed by atoms with Crippen LogP contribution in [0.4, 0.5) is 0 Å². The van der Waals surface area contributed by atoms with E-state index in [0.29, 0.717) is 5.56 Å². The van der Waals surface area contributed by atoms with E-state index in [1.807, 2.05) is 6.07 Å². The van der Waals surface area contributed by atoms with E-state index in [0.717, 1.165) is 0 Å². The van der Waals surface area contributed by atoms with E-state index < -0.39 is 5.72 Å². The largest absolute Gasteiger partial charge is 0.359 e. The van der Waals surface area contributed by atoms with E-state index in [1.54, 1.807) is 30.3 Å². The zero-order valence-electron chi connectivity index (χ0n) is 7.88. The van der Waals surface area contributed by atoms with Gasteiger partial charge in [-0.1, -0.05) is 30.3 Å². The van der Waals surface area contributed by atoms with Gasteiger partial charge in [0.05, 0.1) is 5.57 Å². The minimum absolute atomic E-state index is 0.184. The molecule has 3 N–H and O–H groups in total. The standard InChI is InChI=1S/C11H9N3O/c12-7-10(11(14,15)8-13)6-9-4-2-1-3-5-9/h1-6,15H,14H2. The van der Waals surface area contributed by atoms with Crippen molar-refractivity contribution >= 4 is 6.08 Å². The fraction of sp³-hybridized carbons (Fsp3) is 0.0909. The first-order valence-corrected chi connectivity index (χ1v) is 4.20. The van der Waals surface area contributed by atoms with Gasteiger partial charge in [-0.3, -0.25) is 5.73 Å². The van der Waals surface area contributed by atoms with Gasteiger partial charge in [0, 0.05) is 0 Å². The highest BCUT2D eigenvalue weighted by molar-refractivity contribution is 5.60. The molecule has 1 unspecified atom stereocenters. The summed E-state index contributed by atoms with van der Waals surface area (Å²) in [6, 6.07) is 12.0. The van der Waals surface area contributed by atoms with Gasteiger partial charge in [-0.25, -0.2) is 0 Å². The van der Waals surface area contributed by atoms with E-state index in [1.165, 1.54) is 12.1 Å². The fourth-order valence-corrected chi connectivity index (χ4v) is 1.00. The highest BCUT2D eigenvalue weighted by atomic mass is 16.3. The average molecular weight is 199 g/mol. The summed E-state index contributed by atoms with van der Waals surface area (Å²) in [4.78, 5) is 0. The molecule has 15 heavy (non-hydrogen) atoms. The molecule has 0 amide bonds. The maximum Gasteiger partial charge on any atom is 0.239 e. The summed E-state index contributed by atoms with van der Waals surface area (Å²) in [7, 11) is 0. The van der Waals surface area contributed by atoms with Crippen LogP contribution in [-0.2, 0) is 0 Å². The molecule has 74 valence electrons. The zero-order chi connectivity index (χ0) is 11.3. The molecule has 1 rings (SSSR count). The number of hydrogen-bond acceptors (Lipinski definition) is 4. The van der Waals surface area contributed by atoms with Crippen LogP contribution >= 0.6 is 0 Å². The predicted molar refractivity (Wildman–Crippen MR) is 54.8 cm³/mol. The second-order valence-electron chi connectivity index (χ2n) is 2.96. The lowest BCUT2D eigenvalue weighted by molar-refractivity contribution is 0.151. The summed E-state index contributed by atoms with van der Waals surface area (Å²) in [5.41, 5.74) is 3.51. The Bertz CT molecular complexity index is 449. The van der Waals surface area contributed by atoms with Gasteiger partial charge in [-0.2, -0.15) is 10.5 Å². The summed E-state index contributed by atoms with van der Waals surface area (Å²) >= 11 is 0. The van der Waals surface area contributed by atoms with Gasteiger partial charge in [0.25, 0.3) is 0 Å². The average Bonchev–Trinajstić information content (AvgIpc) is 2.27. The number of nitriles is 2. The molecular formula is C11H9N3O. The first-order chi connectivity index (χ1) is 7.10. The molecule has 0 fully saturated rings. The minimum Gasteiger partial charge on any atom is -0.359 e. The SMILES string of the molecule is N#CC(=Cc1ccccc1)C(N)(O)C#N. The normalized spacial score (nSPS) is 14.8. The highest BCUT2D eigenvalue weighted by Crippen LogP contribution is 2.13. The Morgan fingerprint density at radius 2 is 1.93 bits per heavy atom. The van der Waals surface area contributed by atoms with Crippen LogP contribution in [-0.4, -0.2) is 10.8 Å². The van der Waals surface area contributed by atoms with Crippen molar-refractivity contribution in [3.63, 3.8) is 0 Å². The minimum atomic E-state index is -2.23. The Kier molecular flexibility index (Phi) is 3.20. The molecule has 4 heteroatoms. The Labute approximate surface area is 87.5 Å². The molecule has 1 aromatic rings.